The lowest BCUT2D eigenvalue weighted by Gasteiger charge is -2.50. The van der Waals surface area contributed by atoms with Crippen molar-refractivity contribution in [3.63, 3.8) is 0 Å². The molecule has 0 unspecified atom stereocenters. The Morgan fingerprint density at radius 3 is 2.22 bits per heavy atom. The van der Waals surface area contributed by atoms with Crippen LogP contribution in [0, 0.1) is 0 Å². The van der Waals surface area contributed by atoms with Gasteiger partial charge in [0.15, 0.2) is 0 Å². The summed E-state index contributed by atoms with van der Waals surface area (Å²) in [5.41, 5.74) is -0.0849. The summed E-state index contributed by atoms with van der Waals surface area (Å²) in [6, 6.07) is 1.02. The average molecular weight is 463 g/mol. The highest BCUT2D eigenvalue weighted by Gasteiger charge is 2.55. The van der Waals surface area contributed by atoms with Crippen LogP contribution in [0.5, 0.6) is 0 Å². The lowest BCUT2D eigenvalue weighted by Crippen LogP contribution is -2.53. The van der Waals surface area contributed by atoms with Gasteiger partial charge in [0.05, 0.1) is 25.9 Å². The minimum atomic E-state index is -1.81. The third-order valence-electron chi connectivity index (χ3n) is 7.52. The van der Waals surface area contributed by atoms with Gasteiger partial charge in [-0.05, 0) is 47.5 Å². The van der Waals surface area contributed by atoms with Crippen molar-refractivity contribution in [1.82, 2.24) is 14.7 Å². The number of aromatic nitrogens is 2. The summed E-state index contributed by atoms with van der Waals surface area (Å²) < 4.78 is 6.88. The first-order chi connectivity index (χ1) is 14.6. The van der Waals surface area contributed by atoms with E-state index < -0.39 is 25.3 Å². The second-order valence-corrected chi connectivity index (χ2v) is 16.8. The lowest BCUT2D eigenvalue weighted by atomic mass is 9.83. The number of rotatable bonds is 4. The summed E-state index contributed by atoms with van der Waals surface area (Å²) in [7, 11) is -1.81. The number of anilines is 1. The van der Waals surface area contributed by atoms with Gasteiger partial charge in [-0.1, -0.05) is 32.5 Å². The molecule has 0 spiro atoms. The number of carbonyl (C=O) groups is 3. The SMILES string of the molecule is CC[Si](C)(C)C1(C(=O)Nc2c3c(nn2C(C)=O)C(C)(C)N(C(=O)OC(C)(C)C)C3)CCC1. The molecule has 8 nitrogen and oxygen atoms in total. The Bertz CT molecular complexity index is 954. The van der Waals surface area contributed by atoms with Gasteiger partial charge in [0.25, 0.3) is 0 Å². The van der Waals surface area contributed by atoms with Gasteiger partial charge in [0.2, 0.25) is 11.8 Å². The van der Waals surface area contributed by atoms with Gasteiger partial charge < -0.3 is 10.1 Å². The smallest absolute Gasteiger partial charge is 0.411 e. The van der Waals surface area contributed by atoms with Gasteiger partial charge in [0, 0.05) is 17.5 Å². The summed E-state index contributed by atoms with van der Waals surface area (Å²) in [5, 5.41) is 7.31. The predicted molar refractivity (Wildman–Crippen MR) is 126 cm³/mol. The van der Waals surface area contributed by atoms with Gasteiger partial charge >= 0.3 is 6.09 Å². The van der Waals surface area contributed by atoms with E-state index in [0.717, 1.165) is 25.3 Å². The van der Waals surface area contributed by atoms with Crippen LogP contribution in [-0.4, -0.2) is 46.3 Å². The monoisotopic (exact) mass is 462 g/mol. The number of amides is 2. The number of nitrogens with zero attached hydrogens (tertiary/aromatic N) is 3. The van der Waals surface area contributed by atoms with Gasteiger partial charge in [-0.2, -0.15) is 9.78 Å². The van der Waals surface area contributed by atoms with Crippen molar-refractivity contribution in [3.05, 3.63) is 11.3 Å². The van der Waals surface area contributed by atoms with E-state index in [4.69, 9.17) is 4.74 Å². The second-order valence-electron chi connectivity index (χ2n) is 11.4. The minimum absolute atomic E-state index is 0.0130. The van der Waals surface area contributed by atoms with Crippen molar-refractivity contribution < 1.29 is 19.1 Å². The normalized spacial score (nSPS) is 19.2. The molecule has 2 amide bonds. The van der Waals surface area contributed by atoms with Crippen LogP contribution < -0.4 is 5.32 Å². The third-order valence-corrected chi connectivity index (χ3v) is 12.6. The van der Waals surface area contributed by atoms with Gasteiger partial charge in [-0.25, -0.2) is 4.79 Å². The Labute approximate surface area is 192 Å². The fraction of sp³-hybridized carbons (Fsp3) is 0.739. The molecule has 2 heterocycles. The van der Waals surface area contributed by atoms with E-state index in [-0.39, 0.29) is 23.4 Å². The minimum Gasteiger partial charge on any atom is -0.444 e. The van der Waals surface area contributed by atoms with Crippen LogP contribution >= 0.6 is 0 Å². The fourth-order valence-electron chi connectivity index (χ4n) is 4.85. The van der Waals surface area contributed by atoms with E-state index in [1.807, 2.05) is 34.6 Å². The Hall–Kier alpha value is -2.16. The van der Waals surface area contributed by atoms with E-state index in [1.54, 1.807) is 4.90 Å². The first kappa shape index (κ1) is 24.5. The van der Waals surface area contributed by atoms with Gasteiger partial charge in [0.1, 0.15) is 11.4 Å². The van der Waals surface area contributed by atoms with Crippen molar-refractivity contribution >= 4 is 31.8 Å². The summed E-state index contributed by atoms with van der Waals surface area (Å²) in [6.07, 6.45) is 2.38. The number of ether oxygens (including phenoxy) is 1. The number of fused-ring (bicyclic) bond motifs is 1. The van der Waals surface area contributed by atoms with Crippen LogP contribution in [0.3, 0.4) is 0 Å². The van der Waals surface area contributed by atoms with Crippen LogP contribution in [0.15, 0.2) is 0 Å². The first-order valence-corrected chi connectivity index (χ1v) is 14.7. The van der Waals surface area contributed by atoms with E-state index in [0.29, 0.717) is 17.1 Å². The fourth-order valence-corrected chi connectivity index (χ4v) is 7.91. The second kappa shape index (κ2) is 7.71. The quantitative estimate of drug-likeness (QED) is 0.627. The lowest BCUT2D eigenvalue weighted by molar-refractivity contribution is -0.121. The van der Waals surface area contributed by atoms with E-state index in [1.165, 1.54) is 11.6 Å². The molecule has 1 N–H and O–H groups in total. The largest absolute Gasteiger partial charge is 0.444 e. The molecule has 1 fully saturated rings. The molecule has 9 heteroatoms. The first-order valence-electron chi connectivity index (χ1n) is 11.5. The van der Waals surface area contributed by atoms with Crippen molar-refractivity contribution in [2.24, 2.45) is 0 Å². The van der Waals surface area contributed by atoms with E-state index in [9.17, 15) is 14.4 Å². The van der Waals surface area contributed by atoms with Crippen molar-refractivity contribution in [1.29, 1.82) is 0 Å². The van der Waals surface area contributed by atoms with Crippen molar-refractivity contribution in [2.75, 3.05) is 5.32 Å². The van der Waals surface area contributed by atoms with Crippen LogP contribution in [0.25, 0.3) is 0 Å². The Morgan fingerprint density at radius 1 is 1.19 bits per heavy atom. The molecule has 0 bridgehead atoms. The predicted octanol–water partition coefficient (Wildman–Crippen LogP) is 5.12. The molecule has 1 aliphatic heterocycles. The molecule has 1 saturated carbocycles. The zero-order chi connectivity index (χ0) is 24.3. The Kier molecular flexibility index (Phi) is 5.90. The van der Waals surface area contributed by atoms with Gasteiger partial charge in [-0.3, -0.25) is 14.5 Å². The molecule has 0 aromatic carbocycles. The highest BCUT2D eigenvalue weighted by atomic mass is 28.3. The molecule has 32 heavy (non-hydrogen) atoms. The standard InChI is InChI=1S/C23H38N4O4Si/c1-10-32(8,9)23(12-11-13-23)19(29)24-18-16-14-26(20(30)31-21(3,4)5)22(6,7)17(16)25-27(18)15(2)28/h10-14H2,1-9H3,(H,24,29). The Balaban J connectivity index is 1.99. The summed E-state index contributed by atoms with van der Waals surface area (Å²) in [5.74, 6) is 0.105. The third kappa shape index (κ3) is 3.78. The van der Waals surface area contributed by atoms with Crippen LogP contribution in [-0.2, 0) is 21.6 Å². The van der Waals surface area contributed by atoms with Crippen molar-refractivity contribution in [3.8, 4) is 0 Å². The molecular weight excluding hydrogens is 424 g/mol. The molecule has 0 radical (unpaired) electrons. The number of hydrogen-bond acceptors (Lipinski definition) is 5. The molecule has 3 rings (SSSR count). The molecular formula is C23H38N4O4Si. The topological polar surface area (TPSA) is 93.5 Å². The van der Waals surface area contributed by atoms with Crippen LogP contribution in [0.4, 0.5) is 10.6 Å². The maximum Gasteiger partial charge on any atom is 0.411 e. The van der Waals surface area contributed by atoms with Crippen molar-refractivity contribution in [2.45, 2.75) is 110 Å². The summed E-state index contributed by atoms with van der Waals surface area (Å²) >= 11 is 0. The van der Waals surface area contributed by atoms with E-state index >= 15 is 0 Å². The zero-order valence-electron chi connectivity index (χ0n) is 21.0. The Morgan fingerprint density at radius 2 is 1.78 bits per heavy atom. The maximum absolute atomic E-state index is 13.6. The van der Waals surface area contributed by atoms with Crippen LogP contribution in [0.1, 0.15) is 83.8 Å². The molecule has 1 aromatic rings. The molecule has 1 aliphatic carbocycles. The average Bonchev–Trinajstić information content (AvgIpc) is 3.07. The molecule has 2 aliphatic rings. The van der Waals surface area contributed by atoms with Crippen LogP contribution in [0.2, 0.25) is 24.2 Å². The number of carbonyl (C=O) groups excluding carboxylic acids is 3. The number of nitrogens with one attached hydrogen (secondary N) is 1. The molecule has 0 atom stereocenters. The van der Waals surface area contributed by atoms with E-state index in [2.05, 4.69) is 30.4 Å². The molecule has 0 saturated heterocycles. The summed E-state index contributed by atoms with van der Waals surface area (Å²) in [6.45, 7) is 17.6. The van der Waals surface area contributed by atoms with Gasteiger partial charge in [-0.15, -0.1) is 0 Å². The zero-order valence-corrected chi connectivity index (χ0v) is 22.0. The maximum atomic E-state index is 13.6. The molecule has 1 aromatic heterocycles. The summed E-state index contributed by atoms with van der Waals surface area (Å²) in [4.78, 5) is 40.5. The highest BCUT2D eigenvalue weighted by Crippen LogP contribution is 2.57. The number of hydrogen-bond donors (Lipinski definition) is 1. The molecule has 178 valence electrons. The highest BCUT2D eigenvalue weighted by molar-refractivity contribution is 6.84.